The maximum absolute atomic E-state index is 13.2. The molecule has 3 aliphatic rings. The molecule has 0 spiro atoms. The van der Waals surface area contributed by atoms with E-state index in [4.69, 9.17) is 4.74 Å². The second-order valence-corrected chi connectivity index (χ2v) is 10.9. The second-order valence-electron chi connectivity index (χ2n) is 9.85. The van der Waals surface area contributed by atoms with Crippen molar-refractivity contribution in [1.29, 1.82) is 0 Å². The van der Waals surface area contributed by atoms with E-state index in [9.17, 15) is 9.59 Å². The first-order valence-corrected chi connectivity index (χ1v) is 13.2. The standard InChI is InChI=1S/C26H30N4O3S/c1-28-18-5-6-19(28)14-21(13-18)33-20-9-7-17(8-10-20)30-16-27-22-15-23(34-24(22)26(30)32)25(31)29-11-3-2-4-12-29/h7-10,15-16,18-19,21H,2-6,11-14H2,1H3/t18-,19+,21?. The van der Waals surface area contributed by atoms with E-state index >= 15 is 0 Å². The molecule has 1 aromatic carbocycles. The van der Waals surface area contributed by atoms with Crippen molar-refractivity contribution in [2.75, 3.05) is 20.1 Å². The summed E-state index contributed by atoms with van der Waals surface area (Å²) < 4.78 is 8.36. The minimum atomic E-state index is -0.145. The molecule has 0 radical (unpaired) electrons. The van der Waals surface area contributed by atoms with Crippen LogP contribution in [0.25, 0.3) is 15.9 Å². The monoisotopic (exact) mass is 478 g/mol. The molecule has 2 bridgehead atoms. The van der Waals surface area contributed by atoms with Gasteiger partial charge in [-0.2, -0.15) is 0 Å². The Hall–Kier alpha value is -2.71. The second kappa shape index (κ2) is 8.82. The Bertz CT molecular complexity index is 1250. The van der Waals surface area contributed by atoms with Crippen LogP contribution in [-0.4, -0.2) is 63.6 Å². The van der Waals surface area contributed by atoms with Crippen LogP contribution in [0.15, 0.2) is 41.5 Å². The van der Waals surface area contributed by atoms with Crippen LogP contribution in [0.1, 0.15) is 54.6 Å². The van der Waals surface area contributed by atoms with Crippen LogP contribution in [-0.2, 0) is 0 Å². The molecule has 3 aromatic rings. The molecule has 7 nitrogen and oxygen atoms in total. The lowest BCUT2D eigenvalue weighted by atomic mass is 10.0. The number of ether oxygens (including phenoxy) is 1. The fraction of sp³-hybridized carbons (Fsp3) is 0.500. The summed E-state index contributed by atoms with van der Waals surface area (Å²) in [5, 5.41) is 0. The summed E-state index contributed by atoms with van der Waals surface area (Å²) in [5.41, 5.74) is 1.18. The molecule has 0 saturated carbocycles. The number of carbonyl (C=O) groups excluding carboxylic acids is 1. The molecule has 3 aliphatic heterocycles. The van der Waals surface area contributed by atoms with E-state index in [1.54, 1.807) is 17.0 Å². The average Bonchev–Trinajstić information content (AvgIpc) is 3.37. The van der Waals surface area contributed by atoms with Crippen molar-refractivity contribution in [2.24, 2.45) is 0 Å². The van der Waals surface area contributed by atoms with Crippen LogP contribution in [0, 0.1) is 0 Å². The maximum atomic E-state index is 13.2. The van der Waals surface area contributed by atoms with Gasteiger partial charge in [0.1, 0.15) is 22.9 Å². The van der Waals surface area contributed by atoms with Crippen LogP contribution in [0.4, 0.5) is 0 Å². The number of hydrogen-bond acceptors (Lipinski definition) is 6. The van der Waals surface area contributed by atoms with Crippen LogP contribution >= 0.6 is 11.3 Å². The van der Waals surface area contributed by atoms with E-state index in [-0.39, 0.29) is 17.6 Å². The first-order valence-electron chi connectivity index (χ1n) is 12.4. The van der Waals surface area contributed by atoms with Crippen LogP contribution in [0.2, 0.25) is 0 Å². The molecular weight excluding hydrogens is 448 g/mol. The van der Waals surface area contributed by atoms with Crippen molar-refractivity contribution in [3.8, 4) is 11.4 Å². The number of carbonyl (C=O) groups is 1. The zero-order valence-electron chi connectivity index (χ0n) is 19.5. The number of likely N-dealkylation sites (tertiary alicyclic amines) is 1. The summed E-state index contributed by atoms with van der Waals surface area (Å²) >= 11 is 1.25. The molecule has 3 saturated heterocycles. The summed E-state index contributed by atoms with van der Waals surface area (Å²) in [6.07, 6.45) is 9.75. The van der Waals surface area contributed by atoms with Crippen molar-refractivity contribution in [3.63, 3.8) is 0 Å². The third-order valence-electron chi connectivity index (χ3n) is 7.76. The lowest BCUT2D eigenvalue weighted by Gasteiger charge is -2.36. The molecule has 1 amide bonds. The molecule has 5 heterocycles. The Labute approximate surface area is 203 Å². The van der Waals surface area contributed by atoms with Gasteiger partial charge in [0.15, 0.2) is 0 Å². The van der Waals surface area contributed by atoms with Crippen molar-refractivity contribution in [2.45, 2.75) is 63.1 Å². The molecule has 34 heavy (non-hydrogen) atoms. The van der Waals surface area contributed by atoms with Gasteiger partial charge in [-0.15, -0.1) is 11.3 Å². The van der Waals surface area contributed by atoms with Gasteiger partial charge in [-0.25, -0.2) is 4.98 Å². The number of rotatable bonds is 4. The fourth-order valence-electron chi connectivity index (χ4n) is 5.79. The van der Waals surface area contributed by atoms with Gasteiger partial charge in [0.05, 0.1) is 16.1 Å². The van der Waals surface area contributed by atoms with Crippen molar-refractivity contribution < 1.29 is 9.53 Å². The molecular formula is C26H30N4O3S. The van der Waals surface area contributed by atoms with Gasteiger partial charge in [-0.05, 0) is 82.3 Å². The van der Waals surface area contributed by atoms with Crippen molar-refractivity contribution in [3.05, 3.63) is 51.9 Å². The van der Waals surface area contributed by atoms with E-state index in [0.717, 1.165) is 50.2 Å². The number of nitrogens with zero attached hydrogens (tertiary/aromatic N) is 4. The third-order valence-corrected chi connectivity index (χ3v) is 8.86. The van der Waals surface area contributed by atoms with E-state index in [1.807, 2.05) is 29.2 Å². The Morgan fingerprint density at radius 3 is 2.47 bits per heavy atom. The Morgan fingerprint density at radius 1 is 1.06 bits per heavy atom. The maximum Gasteiger partial charge on any atom is 0.275 e. The lowest BCUT2D eigenvalue weighted by Crippen LogP contribution is -2.43. The third kappa shape index (κ3) is 3.92. The molecule has 6 rings (SSSR count). The molecule has 8 heteroatoms. The Kier molecular flexibility index (Phi) is 5.65. The van der Waals surface area contributed by atoms with Gasteiger partial charge in [-0.1, -0.05) is 0 Å². The van der Waals surface area contributed by atoms with Crippen LogP contribution in [0.3, 0.4) is 0 Å². The number of fused-ring (bicyclic) bond motifs is 3. The van der Waals surface area contributed by atoms with Crippen LogP contribution < -0.4 is 10.3 Å². The molecule has 0 N–H and O–H groups in total. The van der Waals surface area contributed by atoms with E-state index in [1.165, 1.54) is 30.6 Å². The summed E-state index contributed by atoms with van der Waals surface area (Å²) in [6.45, 7) is 1.58. The lowest BCUT2D eigenvalue weighted by molar-refractivity contribution is 0.0661. The highest BCUT2D eigenvalue weighted by Gasteiger charge is 2.39. The van der Waals surface area contributed by atoms with Gasteiger partial charge in [0.25, 0.3) is 11.5 Å². The topological polar surface area (TPSA) is 67.7 Å². The van der Waals surface area contributed by atoms with Crippen molar-refractivity contribution in [1.82, 2.24) is 19.4 Å². The zero-order chi connectivity index (χ0) is 23.2. The number of thiophene rings is 1. The van der Waals surface area contributed by atoms with Gasteiger partial charge >= 0.3 is 0 Å². The van der Waals surface area contributed by atoms with Gasteiger partial charge in [0.2, 0.25) is 0 Å². The average molecular weight is 479 g/mol. The molecule has 178 valence electrons. The number of benzene rings is 1. The smallest absolute Gasteiger partial charge is 0.275 e. The molecule has 2 aromatic heterocycles. The summed E-state index contributed by atoms with van der Waals surface area (Å²) in [6, 6.07) is 10.7. The summed E-state index contributed by atoms with van der Waals surface area (Å²) in [5.74, 6) is 0.850. The first-order chi connectivity index (χ1) is 16.6. The zero-order valence-corrected chi connectivity index (χ0v) is 20.3. The number of aromatic nitrogens is 2. The van der Waals surface area contributed by atoms with E-state index < -0.39 is 0 Å². The van der Waals surface area contributed by atoms with Gasteiger partial charge in [0, 0.05) is 25.2 Å². The predicted molar refractivity (Wildman–Crippen MR) is 133 cm³/mol. The highest BCUT2D eigenvalue weighted by atomic mass is 32.1. The highest BCUT2D eigenvalue weighted by molar-refractivity contribution is 7.20. The summed E-state index contributed by atoms with van der Waals surface area (Å²) in [4.78, 5) is 35.6. The normalized spacial score (nSPS) is 25.1. The fourth-order valence-corrected chi connectivity index (χ4v) is 6.80. The van der Waals surface area contributed by atoms with Gasteiger partial charge in [-0.3, -0.25) is 14.2 Å². The van der Waals surface area contributed by atoms with Crippen molar-refractivity contribution >= 4 is 27.5 Å². The summed E-state index contributed by atoms with van der Waals surface area (Å²) in [7, 11) is 2.23. The minimum Gasteiger partial charge on any atom is -0.490 e. The van der Waals surface area contributed by atoms with E-state index in [0.29, 0.717) is 27.2 Å². The number of piperidine rings is 2. The Balaban J connectivity index is 1.20. The molecule has 0 aliphatic carbocycles. The molecule has 1 unspecified atom stereocenters. The minimum absolute atomic E-state index is 0.0116. The number of hydrogen-bond donors (Lipinski definition) is 0. The Morgan fingerprint density at radius 2 is 1.76 bits per heavy atom. The van der Waals surface area contributed by atoms with Crippen LogP contribution in [0.5, 0.6) is 5.75 Å². The SMILES string of the molecule is CN1[C@@H]2CC[C@H]1CC(Oc1ccc(-n3cnc4cc(C(=O)N5CCCCC5)sc4c3=O)cc1)C2. The predicted octanol–water partition coefficient (Wildman–Crippen LogP) is 4.08. The molecule has 3 atom stereocenters. The molecule has 3 fully saturated rings. The number of amides is 1. The quantitative estimate of drug-likeness (QED) is 0.565. The largest absolute Gasteiger partial charge is 0.490 e. The van der Waals surface area contributed by atoms with Gasteiger partial charge < -0.3 is 14.5 Å². The van der Waals surface area contributed by atoms with E-state index in [2.05, 4.69) is 16.9 Å². The first kappa shape index (κ1) is 21.8. The highest BCUT2D eigenvalue weighted by Crippen LogP contribution is 2.36.